The van der Waals surface area contributed by atoms with Crippen LogP contribution in [0.4, 0.5) is 0 Å². The molecule has 0 radical (unpaired) electrons. The zero-order valence-electron chi connectivity index (χ0n) is 10.1. The fraction of sp³-hybridized carbons (Fsp3) is 0.917. The monoisotopic (exact) mass is 229 g/mol. The van der Waals surface area contributed by atoms with Crippen molar-refractivity contribution in [3.8, 4) is 0 Å². The van der Waals surface area contributed by atoms with E-state index in [0.717, 1.165) is 18.8 Å². The summed E-state index contributed by atoms with van der Waals surface area (Å²) in [5.41, 5.74) is 5.69. The fourth-order valence-corrected chi connectivity index (χ4v) is 1.78. The SMILES string of the molecule is COCCCC(N)C(=O)OCCC1CCC1. The third-order valence-electron chi connectivity index (χ3n) is 3.16. The number of carbonyl (C=O) groups excluding carboxylic acids is 1. The summed E-state index contributed by atoms with van der Waals surface area (Å²) in [7, 11) is 1.64. The Bertz CT molecular complexity index is 204. The molecular weight excluding hydrogens is 206 g/mol. The molecule has 2 N–H and O–H groups in total. The van der Waals surface area contributed by atoms with Crippen LogP contribution in [-0.4, -0.2) is 32.3 Å². The van der Waals surface area contributed by atoms with E-state index in [0.29, 0.717) is 19.6 Å². The van der Waals surface area contributed by atoms with Gasteiger partial charge in [0, 0.05) is 13.7 Å². The first kappa shape index (κ1) is 13.5. The van der Waals surface area contributed by atoms with Gasteiger partial charge < -0.3 is 15.2 Å². The smallest absolute Gasteiger partial charge is 0.322 e. The van der Waals surface area contributed by atoms with E-state index >= 15 is 0 Å². The quantitative estimate of drug-likeness (QED) is 0.506. The first-order valence-corrected chi connectivity index (χ1v) is 6.15. The predicted molar refractivity (Wildman–Crippen MR) is 62.0 cm³/mol. The highest BCUT2D eigenvalue weighted by molar-refractivity contribution is 5.75. The van der Waals surface area contributed by atoms with Gasteiger partial charge in [0.15, 0.2) is 0 Å². The molecule has 1 aliphatic rings. The zero-order chi connectivity index (χ0) is 11.8. The normalized spacial score (nSPS) is 17.9. The fourth-order valence-electron chi connectivity index (χ4n) is 1.78. The van der Waals surface area contributed by atoms with Crippen LogP contribution in [0.2, 0.25) is 0 Å². The van der Waals surface area contributed by atoms with Gasteiger partial charge in [0.1, 0.15) is 6.04 Å². The van der Waals surface area contributed by atoms with Gasteiger partial charge in [-0.1, -0.05) is 19.3 Å². The average molecular weight is 229 g/mol. The summed E-state index contributed by atoms with van der Waals surface area (Å²) < 4.78 is 10.0. The van der Waals surface area contributed by atoms with Crippen molar-refractivity contribution in [1.82, 2.24) is 0 Å². The second kappa shape index (κ2) is 7.63. The van der Waals surface area contributed by atoms with Gasteiger partial charge in [-0.05, 0) is 25.2 Å². The van der Waals surface area contributed by atoms with E-state index in [2.05, 4.69) is 0 Å². The number of nitrogens with two attached hydrogens (primary N) is 1. The average Bonchev–Trinajstić information content (AvgIpc) is 2.21. The van der Waals surface area contributed by atoms with Crippen molar-refractivity contribution in [3.05, 3.63) is 0 Å². The van der Waals surface area contributed by atoms with Crippen LogP contribution >= 0.6 is 0 Å². The minimum atomic E-state index is -0.489. The van der Waals surface area contributed by atoms with Crippen LogP contribution in [0.25, 0.3) is 0 Å². The van der Waals surface area contributed by atoms with E-state index in [9.17, 15) is 4.79 Å². The zero-order valence-corrected chi connectivity index (χ0v) is 10.1. The molecule has 0 aromatic rings. The number of hydrogen-bond donors (Lipinski definition) is 1. The summed E-state index contributed by atoms with van der Waals surface area (Å²) in [6.45, 7) is 1.17. The Kier molecular flexibility index (Phi) is 6.42. The second-order valence-electron chi connectivity index (χ2n) is 4.49. The van der Waals surface area contributed by atoms with Crippen molar-refractivity contribution in [1.29, 1.82) is 0 Å². The predicted octanol–water partition coefficient (Wildman–Crippen LogP) is 1.47. The van der Waals surface area contributed by atoms with E-state index in [1.54, 1.807) is 7.11 Å². The molecule has 1 atom stereocenters. The molecule has 1 fully saturated rings. The summed E-state index contributed by atoms with van der Waals surface area (Å²) in [6.07, 6.45) is 6.34. The molecule has 1 rings (SSSR count). The maximum atomic E-state index is 11.4. The van der Waals surface area contributed by atoms with Gasteiger partial charge in [-0.25, -0.2) is 0 Å². The van der Waals surface area contributed by atoms with Crippen LogP contribution in [0.5, 0.6) is 0 Å². The number of carbonyl (C=O) groups is 1. The van der Waals surface area contributed by atoms with Gasteiger partial charge in [-0.3, -0.25) is 4.79 Å². The van der Waals surface area contributed by atoms with E-state index in [1.807, 2.05) is 0 Å². The summed E-state index contributed by atoms with van der Waals surface area (Å²) in [4.78, 5) is 11.4. The highest BCUT2D eigenvalue weighted by atomic mass is 16.5. The van der Waals surface area contributed by atoms with Crippen LogP contribution in [-0.2, 0) is 14.3 Å². The van der Waals surface area contributed by atoms with Crippen LogP contribution in [0.15, 0.2) is 0 Å². The molecule has 1 aliphatic carbocycles. The lowest BCUT2D eigenvalue weighted by molar-refractivity contribution is -0.146. The molecule has 0 aromatic carbocycles. The van der Waals surface area contributed by atoms with Crippen LogP contribution in [0.3, 0.4) is 0 Å². The van der Waals surface area contributed by atoms with Gasteiger partial charge in [-0.15, -0.1) is 0 Å². The Hall–Kier alpha value is -0.610. The molecule has 4 nitrogen and oxygen atoms in total. The maximum Gasteiger partial charge on any atom is 0.322 e. The molecule has 0 heterocycles. The van der Waals surface area contributed by atoms with Crippen molar-refractivity contribution in [2.75, 3.05) is 20.3 Å². The van der Waals surface area contributed by atoms with Gasteiger partial charge in [0.2, 0.25) is 0 Å². The van der Waals surface area contributed by atoms with Crippen molar-refractivity contribution in [2.45, 2.75) is 44.6 Å². The summed E-state index contributed by atoms with van der Waals surface area (Å²) in [5, 5.41) is 0. The van der Waals surface area contributed by atoms with Crippen LogP contribution in [0.1, 0.15) is 38.5 Å². The molecule has 0 aliphatic heterocycles. The van der Waals surface area contributed by atoms with Crippen molar-refractivity contribution < 1.29 is 14.3 Å². The molecule has 0 aromatic heterocycles. The number of hydrogen-bond acceptors (Lipinski definition) is 4. The van der Waals surface area contributed by atoms with E-state index in [1.165, 1.54) is 19.3 Å². The van der Waals surface area contributed by atoms with E-state index < -0.39 is 6.04 Å². The molecule has 1 unspecified atom stereocenters. The maximum absolute atomic E-state index is 11.4. The first-order valence-electron chi connectivity index (χ1n) is 6.15. The molecule has 0 saturated heterocycles. The van der Waals surface area contributed by atoms with Crippen molar-refractivity contribution >= 4 is 5.97 Å². The largest absolute Gasteiger partial charge is 0.465 e. The lowest BCUT2D eigenvalue weighted by Gasteiger charge is -2.25. The number of ether oxygens (including phenoxy) is 2. The van der Waals surface area contributed by atoms with E-state index in [4.69, 9.17) is 15.2 Å². The van der Waals surface area contributed by atoms with E-state index in [-0.39, 0.29) is 5.97 Å². The van der Waals surface area contributed by atoms with Gasteiger partial charge in [0.25, 0.3) is 0 Å². The Morgan fingerprint density at radius 2 is 2.19 bits per heavy atom. The van der Waals surface area contributed by atoms with Crippen LogP contribution in [0, 0.1) is 5.92 Å². The Labute approximate surface area is 97.5 Å². The number of esters is 1. The molecule has 94 valence electrons. The Morgan fingerprint density at radius 1 is 1.44 bits per heavy atom. The minimum absolute atomic E-state index is 0.268. The molecule has 1 saturated carbocycles. The highest BCUT2D eigenvalue weighted by Crippen LogP contribution is 2.29. The molecule has 16 heavy (non-hydrogen) atoms. The lowest BCUT2D eigenvalue weighted by Crippen LogP contribution is -2.33. The third-order valence-corrected chi connectivity index (χ3v) is 3.16. The van der Waals surface area contributed by atoms with Gasteiger partial charge in [0.05, 0.1) is 6.61 Å². The second-order valence-corrected chi connectivity index (χ2v) is 4.49. The molecule has 0 bridgehead atoms. The summed E-state index contributed by atoms with van der Waals surface area (Å²) in [6, 6.07) is -0.489. The van der Waals surface area contributed by atoms with Gasteiger partial charge in [-0.2, -0.15) is 0 Å². The topological polar surface area (TPSA) is 61.5 Å². The highest BCUT2D eigenvalue weighted by Gasteiger charge is 2.19. The Morgan fingerprint density at radius 3 is 2.75 bits per heavy atom. The molecule has 0 amide bonds. The Balaban J connectivity index is 1.99. The standard InChI is InChI=1S/C12H23NO3/c1-15-8-3-6-11(13)12(14)16-9-7-10-4-2-5-10/h10-11H,2-9,13H2,1H3. The lowest BCUT2D eigenvalue weighted by atomic mass is 9.83. The molecule has 0 spiro atoms. The summed E-state index contributed by atoms with van der Waals surface area (Å²) in [5.74, 6) is 0.507. The van der Waals surface area contributed by atoms with Crippen LogP contribution < -0.4 is 5.73 Å². The van der Waals surface area contributed by atoms with Crippen molar-refractivity contribution in [3.63, 3.8) is 0 Å². The third kappa shape index (κ3) is 4.94. The molecular formula is C12H23NO3. The summed E-state index contributed by atoms with van der Waals surface area (Å²) >= 11 is 0. The minimum Gasteiger partial charge on any atom is -0.465 e. The number of rotatable bonds is 8. The molecule has 4 heteroatoms. The van der Waals surface area contributed by atoms with Crippen molar-refractivity contribution in [2.24, 2.45) is 11.7 Å². The van der Waals surface area contributed by atoms with Gasteiger partial charge >= 0.3 is 5.97 Å². The first-order chi connectivity index (χ1) is 7.74. The number of methoxy groups -OCH3 is 1.